The molecule has 0 bridgehead atoms. The van der Waals surface area contributed by atoms with Crippen LogP contribution in [0.25, 0.3) is 16.6 Å². The standard InChI is InChI=1S/C13H8BrN3O2/c14-8-1-2-10-11(7-8)16-13(19)17(12(10)18)9-3-5-15-6-4-9/h1-7H,(H,16,19). The van der Waals surface area contributed by atoms with Gasteiger partial charge in [-0.3, -0.25) is 9.78 Å². The number of benzene rings is 1. The van der Waals surface area contributed by atoms with Crippen molar-refractivity contribution < 1.29 is 0 Å². The monoisotopic (exact) mass is 317 g/mol. The quantitative estimate of drug-likeness (QED) is 0.744. The number of rotatable bonds is 1. The molecule has 19 heavy (non-hydrogen) atoms. The summed E-state index contributed by atoms with van der Waals surface area (Å²) in [7, 11) is 0. The maximum atomic E-state index is 12.4. The number of halogens is 1. The van der Waals surface area contributed by atoms with Crippen LogP contribution in [0.1, 0.15) is 0 Å². The molecular weight excluding hydrogens is 310 g/mol. The van der Waals surface area contributed by atoms with Crippen LogP contribution in [0.2, 0.25) is 0 Å². The van der Waals surface area contributed by atoms with Crippen molar-refractivity contribution in [1.82, 2.24) is 14.5 Å². The molecule has 0 aliphatic carbocycles. The van der Waals surface area contributed by atoms with E-state index in [0.717, 1.165) is 9.04 Å². The molecule has 0 saturated heterocycles. The van der Waals surface area contributed by atoms with E-state index >= 15 is 0 Å². The number of aromatic amines is 1. The molecule has 0 amide bonds. The van der Waals surface area contributed by atoms with Gasteiger partial charge in [-0.2, -0.15) is 0 Å². The molecule has 2 aromatic heterocycles. The van der Waals surface area contributed by atoms with Gasteiger partial charge in [-0.1, -0.05) is 15.9 Å². The number of aromatic nitrogens is 3. The maximum Gasteiger partial charge on any atom is 0.333 e. The zero-order valence-corrected chi connectivity index (χ0v) is 11.2. The van der Waals surface area contributed by atoms with Gasteiger partial charge < -0.3 is 4.98 Å². The Morgan fingerprint density at radius 2 is 1.84 bits per heavy atom. The average Bonchev–Trinajstić information content (AvgIpc) is 2.39. The van der Waals surface area contributed by atoms with Crippen molar-refractivity contribution in [2.45, 2.75) is 0 Å². The molecule has 3 rings (SSSR count). The summed E-state index contributed by atoms with van der Waals surface area (Å²) in [5.74, 6) is 0. The number of H-pyrrole nitrogens is 1. The lowest BCUT2D eigenvalue weighted by molar-refractivity contribution is 0.898. The third-order valence-corrected chi connectivity index (χ3v) is 3.27. The lowest BCUT2D eigenvalue weighted by Gasteiger charge is -2.06. The van der Waals surface area contributed by atoms with Gasteiger partial charge >= 0.3 is 5.69 Å². The molecule has 3 aromatic rings. The van der Waals surface area contributed by atoms with E-state index in [0.29, 0.717) is 16.6 Å². The van der Waals surface area contributed by atoms with Crippen LogP contribution in [0.4, 0.5) is 0 Å². The number of nitrogens with one attached hydrogen (secondary N) is 1. The zero-order valence-electron chi connectivity index (χ0n) is 9.63. The SMILES string of the molecule is O=c1[nH]c2cc(Br)ccc2c(=O)n1-c1ccncc1. The minimum Gasteiger partial charge on any atom is -0.306 e. The Morgan fingerprint density at radius 1 is 1.11 bits per heavy atom. The summed E-state index contributed by atoms with van der Waals surface area (Å²) in [4.78, 5) is 31.0. The summed E-state index contributed by atoms with van der Waals surface area (Å²) in [5, 5.41) is 0.458. The molecule has 5 nitrogen and oxygen atoms in total. The highest BCUT2D eigenvalue weighted by molar-refractivity contribution is 9.10. The first-order valence-electron chi connectivity index (χ1n) is 5.52. The molecule has 1 N–H and O–H groups in total. The number of hydrogen-bond donors (Lipinski definition) is 1. The van der Waals surface area contributed by atoms with Gasteiger partial charge in [0.2, 0.25) is 0 Å². The van der Waals surface area contributed by atoms with Crippen molar-refractivity contribution in [1.29, 1.82) is 0 Å². The van der Waals surface area contributed by atoms with Gasteiger partial charge in [-0.15, -0.1) is 0 Å². The molecular formula is C13H8BrN3O2. The van der Waals surface area contributed by atoms with Crippen LogP contribution in [0, 0.1) is 0 Å². The summed E-state index contributed by atoms with van der Waals surface area (Å²) in [6.45, 7) is 0. The molecule has 0 radical (unpaired) electrons. The number of fused-ring (bicyclic) bond motifs is 1. The molecule has 1 aromatic carbocycles. The molecule has 2 heterocycles. The van der Waals surface area contributed by atoms with Crippen LogP contribution in [0.3, 0.4) is 0 Å². The summed E-state index contributed by atoms with van der Waals surface area (Å²) >= 11 is 3.31. The largest absolute Gasteiger partial charge is 0.333 e. The molecule has 94 valence electrons. The first-order valence-corrected chi connectivity index (χ1v) is 6.31. The topological polar surface area (TPSA) is 67.8 Å². The normalized spacial score (nSPS) is 10.8. The van der Waals surface area contributed by atoms with Crippen molar-refractivity contribution in [3.05, 3.63) is 68.0 Å². The average molecular weight is 318 g/mol. The first kappa shape index (κ1) is 11.9. The molecule has 0 spiro atoms. The predicted octanol–water partition coefficient (Wildman–Crippen LogP) is 1.84. The van der Waals surface area contributed by atoms with E-state index in [1.54, 1.807) is 30.3 Å². The Kier molecular flexibility index (Phi) is 2.79. The Balaban J connectivity index is 2.43. The number of nitrogens with zero attached hydrogens (tertiary/aromatic N) is 2. The van der Waals surface area contributed by atoms with E-state index < -0.39 is 5.69 Å². The molecule has 0 atom stereocenters. The Bertz CT molecular complexity index is 868. The highest BCUT2D eigenvalue weighted by Gasteiger charge is 2.09. The van der Waals surface area contributed by atoms with Crippen LogP contribution in [-0.2, 0) is 0 Å². The van der Waals surface area contributed by atoms with E-state index in [9.17, 15) is 9.59 Å². The maximum absolute atomic E-state index is 12.4. The molecule has 6 heteroatoms. The Hall–Kier alpha value is -2.21. The second kappa shape index (κ2) is 4.47. The van der Waals surface area contributed by atoms with Crippen LogP contribution < -0.4 is 11.2 Å². The molecule has 0 aliphatic heterocycles. The van der Waals surface area contributed by atoms with E-state index in [1.807, 2.05) is 0 Å². The summed E-state index contributed by atoms with van der Waals surface area (Å²) < 4.78 is 1.90. The van der Waals surface area contributed by atoms with E-state index in [1.165, 1.54) is 12.4 Å². The highest BCUT2D eigenvalue weighted by atomic mass is 79.9. The summed E-state index contributed by atoms with van der Waals surface area (Å²) in [6.07, 6.45) is 3.07. The lowest BCUT2D eigenvalue weighted by Crippen LogP contribution is -2.33. The third kappa shape index (κ3) is 2.00. The molecule has 0 aliphatic rings. The molecule has 0 saturated carbocycles. The molecule has 0 fully saturated rings. The number of hydrogen-bond acceptors (Lipinski definition) is 3. The van der Waals surface area contributed by atoms with Gasteiger partial charge in [0.15, 0.2) is 0 Å². The van der Waals surface area contributed by atoms with E-state index in [-0.39, 0.29) is 5.56 Å². The third-order valence-electron chi connectivity index (χ3n) is 2.78. The second-order valence-electron chi connectivity index (χ2n) is 3.97. The highest BCUT2D eigenvalue weighted by Crippen LogP contribution is 2.14. The summed E-state index contributed by atoms with van der Waals surface area (Å²) in [5.41, 5.74) is 0.181. The van der Waals surface area contributed by atoms with Crippen molar-refractivity contribution >= 4 is 26.8 Å². The Labute approximate surface area is 115 Å². The molecule has 0 unspecified atom stereocenters. The van der Waals surface area contributed by atoms with Gasteiger partial charge in [-0.05, 0) is 30.3 Å². The van der Waals surface area contributed by atoms with Gasteiger partial charge in [0.1, 0.15) is 0 Å². The smallest absolute Gasteiger partial charge is 0.306 e. The minimum atomic E-state index is -0.471. The summed E-state index contributed by atoms with van der Waals surface area (Å²) in [6, 6.07) is 8.37. The van der Waals surface area contributed by atoms with Gasteiger partial charge in [0.25, 0.3) is 5.56 Å². The van der Waals surface area contributed by atoms with Crippen LogP contribution in [0.5, 0.6) is 0 Å². The fourth-order valence-electron chi connectivity index (χ4n) is 1.92. The van der Waals surface area contributed by atoms with Crippen molar-refractivity contribution in [2.24, 2.45) is 0 Å². The predicted molar refractivity (Wildman–Crippen MR) is 75.7 cm³/mol. The van der Waals surface area contributed by atoms with Gasteiger partial charge in [-0.25, -0.2) is 9.36 Å². The van der Waals surface area contributed by atoms with E-state index in [2.05, 4.69) is 25.9 Å². The Morgan fingerprint density at radius 3 is 2.58 bits per heavy atom. The van der Waals surface area contributed by atoms with Crippen LogP contribution in [-0.4, -0.2) is 14.5 Å². The zero-order chi connectivity index (χ0) is 13.4. The van der Waals surface area contributed by atoms with Crippen molar-refractivity contribution in [2.75, 3.05) is 0 Å². The number of pyridine rings is 1. The van der Waals surface area contributed by atoms with Crippen molar-refractivity contribution in [3.8, 4) is 5.69 Å². The van der Waals surface area contributed by atoms with Gasteiger partial charge in [0.05, 0.1) is 16.6 Å². The lowest BCUT2D eigenvalue weighted by atomic mass is 10.2. The minimum absolute atomic E-state index is 0.350. The van der Waals surface area contributed by atoms with E-state index in [4.69, 9.17) is 0 Å². The fraction of sp³-hybridized carbons (Fsp3) is 0. The van der Waals surface area contributed by atoms with Crippen LogP contribution in [0.15, 0.2) is 56.8 Å². The van der Waals surface area contributed by atoms with Gasteiger partial charge in [0, 0.05) is 16.9 Å². The van der Waals surface area contributed by atoms with Crippen molar-refractivity contribution in [3.63, 3.8) is 0 Å². The first-order chi connectivity index (χ1) is 9.16. The second-order valence-corrected chi connectivity index (χ2v) is 4.88. The fourth-order valence-corrected chi connectivity index (χ4v) is 2.28. The van der Waals surface area contributed by atoms with Crippen LogP contribution >= 0.6 is 15.9 Å².